The van der Waals surface area contributed by atoms with Gasteiger partial charge in [-0.3, -0.25) is 4.79 Å². The molecule has 3 N–H and O–H groups in total. The van der Waals surface area contributed by atoms with Crippen LogP contribution in [0.5, 0.6) is 11.5 Å². The second-order valence-electron chi connectivity index (χ2n) is 3.96. The van der Waals surface area contributed by atoms with E-state index in [1.54, 1.807) is 24.4 Å². The molecule has 0 atom stereocenters. The minimum Gasteiger partial charge on any atom is -0.455 e. The summed E-state index contributed by atoms with van der Waals surface area (Å²) in [5, 5.41) is 0.481. The van der Waals surface area contributed by atoms with Gasteiger partial charge in [-0.2, -0.15) is 0 Å². The van der Waals surface area contributed by atoms with Crippen molar-refractivity contribution in [2.24, 2.45) is 0 Å². The van der Waals surface area contributed by atoms with Gasteiger partial charge in [-0.05, 0) is 34.5 Å². The van der Waals surface area contributed by atoms with Crippen LogP contribution in [-0.2, 0) is 6.42 Å². The molecular formula is C13H12BrClN2O2. The summed E-state index contributed by atoms with van der Waals surface area (Å²) in [7, 11) is 0. The fraction of sp³-hybridized carbons (Fsp3) is 0.154. The quantitative estimate of drug-likeness (QED) is 0.834. The number of ether oxygens (including phenoxy) is 1. The molecule has 2 aromatic rings. The highest BCUT2D eigenvalue weighted by Crippen LogP contribution is 2.33. The Balaban J connectivity index is 2.48. The average molecular weight is 344 g/mol. The van der Waals surface area contributed by atoms with Crippen molar-refractivity contribution in [3.8, 4) is 11.5 Å². The highest BCUT2D eigenvalue weighted by atomic mass is 79.9. The number of pyridine rings is 1. The average Bonchev–Trinajstić information content (AvgIpc) is 2.34. The maximum absolute atomic E-state index is 11.6. The topological polar surface area (TPSA) is 68.1 Å². The Bertz CT molecular complexity index is 650. The molecule has 0 unspecified atom stereocenters. The fourth-order valence-corrected chi connectivity index (χ4v) is 2.34. The first-order chi connectivity index (χ1) is 9.01. The zero-order valence-electron chi connectivity index (χ0n) is 10.2. The first-order valence-corrected chi connectivity index (χ1v) is 6.82. The van der Waals surface area contributed by atoms with Gasteiger partial charge in [0.25, 0.3) is 5.56 Å². The van der Waals surface area contributed by atoms with E-state index in [0.717, 1.165) is 12.0 Å². The molecule has 6 heteroatoms. The third-order valence-electron chi connectivity index (χ3n) is 2.56. The summed E-state index contributed by atoms with van der Waals surface area (Å²) >= 11 is 9.15. The third kappa shape index (κ3) is 3.11. The van der Waals surface area contributed by atoms with Crippen molar-refractivity contribution in [3.05, 3.63) is 49.8 Å². The van der Waals surface area contributed by atoms with Gasteiger partial charge < -0.3 is 15.5 Å². The van der Waals surface area contributed by atoms with E-state index >= 15 is 0 Å². The van der Waals surface area contributed by atoms with Gasteiger partial charge >= 0.3 is 0 Å². The number of H-pyrrole nitrogens is 1. The highest BCUT2D eigenvalue weighted by Gasteiger charge is 2.12. The highest BCUT2D eigenvalue weighted by molar-refractivity contribution is 9.10. The number of anilines is 1. The molecule has 1 heterocycles. The van der Waals surface area contributed by atoms with Crippen LogP contribution in [-0.4, -0.2) is 4.98 Å². The van der Waals surface area contributed by atoms with E-state index in [-0.39, 0.29) is 5.56 Å². The molecule has 0 amide bonds. The van der Waals surface area contributed by atoms with Crippen LogP contribution in [0, 0.1) is 0 Å². The van der Waals surface area contributed by atoms with E-state index in [0.29, 0.717) is 26.7 Å². The minimum atomic E-state index is -0.248. The summed E-state index contributed by atoms with van der Waals surface area (Å²) in [4.78, 5) is 14.2. The van der Waals surface area contributed by atoms with Crippen LogP contribution in [0.3, 0.4) is 0 Å². The number of benzene rings is 1. The van der Waals surface area contributed by atoms with Gasteiger partial charge in [-0.25, -0.2) is 0 Å². The Labute approximate surface area is 123 Å². The Morgan fingerprint density at radius 3 is 2.79 bits per heavy atom. The number of aromatic amines is 1. The molecule has 0 radical (unpaired) electrons. The zero-order valence-corrected chi connectivity index (χ0v) is 12.5. The number of halogens is 2. The van der Waals surface area contributed by atoms with Crippen molar-refractivity contribution in [1.82, 2.24) is 4.98 Å². The molecule has 4 nitrogen and oxygen atoms in total. The minimum absolute atomic E-state index is 0.248. The predicted molar refractivity (Wildman–Crippen MR) is 80.1 cm³/mol. The molecule has 1 aromatic heterocycles. The molecule has 100 valence electrons. The fourth-order valence-electron chi connectivity index (χ4n) is 1.66. The van der Waals surface area contributed by atoms with Crippen LogP contribution in [0.25, 0.3) is 0 Å². The van der Waals surface area contributed by atoms with Gasteiger partial charge in [0, 0.05) is 28.5 Å². The number of aromatic nitrogens is 1. The van der Waals surface area contributed by atoms with Gasteiger partial charge in [-0.1, -0.05) is 18.5 Å². The molecule has 0 fully saturated rings. The lowest BCUT2D eigenvalue weighted by molar-refractivity contribution is 0.472. The lowest BCUT2D eigenvalue weighted by Gasteiger charge is -2.12. The number of hydrogen-bond donors (Lipinski definition) is 2. The van der Waals surface area contributed by atoms with Crippen molar-refractivity contribution < 1.29 is 4.74 Å². The standard InChI is InChI=1S/C13H12BrClN2O2/c1-2-7-6-17-13(18)11(14)12(7)19-10-4-8(15)3-9(16)5-10/h3-6H,2,16H2,1H3,(H,17,18). The van der Waals surface area contributed by atoms with Gasteiger partial charge in [-0.15, -0.1) is 0 Å². The second kappa shape index (κ2) is 5.67. The largest absolute Gasteiger partial charge is 0.455 e. The zero-order chi connectivity index (χ0) is 14.0. The molecule has 0 aliphatic heterocycles. The van der Waals surface area contributed by atoms with Crippen molar-refractivity contribution >= 4 is 33.2 Å². The van der Waals surface area contributed by atoms with Crippen LogP contribution in [0.15, 0.2) is 33.7 Å². The third-order valence-corrected chi connectivity index (χ3v) is 3.50. The normalized spacial score (nSPS) is 10.5. The first kappa shape index (κ1) is 14.0. The summed E-state index contributed by atoms with van der Waals surface area (Å²) in [6.07, 6.45) is 2.36. The Morgan fingerprint density at radius 2 is 2.16 bits per heavy atom. The molecule has 0 saturated heterocycles. The monoisotopic (exact) mass is 342 g/mol. The molecule has 0 aliphatic carbocycles. The van der Waals surface area contributed by atoms with Gasteiger partial charge in [0.15, 0.2) is 5.75 Å². The molecule has 0 saturated carbocycles. The Hall–Kier alpha value is -1.46. The van der Waals surface area contributed by atoms with E-state index in [9.17, 15) is 4.79 Å². The smallest absolute Gasteiger partial charge is 0.266 e. The first-order valence-electron chi connectivity index (χ1n) is 5.65. The van der Waals surface area contributed by atoms with Crippen molar-refractivity contribution in [1.29, 1.82) is 0 Å². The lowest BCUT2D eigenvalue weighted by Crippen LogP contribution is -2.09. The van der Waals surface area contributed by atoms with Crippen molar-refractivity contribution in [2.75, 3.05) is 5.73 Å². The maximum atomic E-state index is 11.6. The molecule has 1 aromatic carbocycles. The molecule has 0 spiro atoms. The van der Waals surface area contributed by atoms with Crippen LogP contribution in [0.1, 0.15) is 12.5 Å². The SMILES string of the molecule is CCc1c[nH]c(=O)c(Br)c1Oc1cc(N)cc(Cl)c1. The summed E-state index contributed by atoms with van der Waals surface area (Å²) in [6.45, 7) is 1.97. The van der Waals surface area contributed by atoms with Crippen LogP contribution >= 0.6 is 27.5 Å². The number of nitrogens with one attached hydrogen (secondary N) is 1. The van der Waals surface area contributed by atoms with Crippen molar-refractivity contribution in [3.63, 3.8) is 0 Å². The van der Waals surface area contributed by atoms with Crippen LogP contribution < -0.4 is 16.0 Å². The van der Waals surface area contributed by atoms with Crippen LogP contribution in [0.2, 0.25) is 5.02 Å². The van der Waals surface area contributed by atoms with E-state index in [1.165, 1.54) is 0 Å². The molecule has 0 bridgehead atoms. The lowest BCUT2D eigenvalue weighted by atomic mass is 10.2. The Morgan fingerprint density at radius 1 is 1.42 bits per heavy atom. The number of hydrogen-bond acceptors (Lipinski definition) is 3. The Kier molecular flexibility index (Phi) is 4.17. The summed E-state index contributed by atoms with van der Waals surface area (Å²) in [5.41, 5.74) is 6.84. The van der Waals surface area contributed by atoms with E-state index in [4.69, 9.17) is 22.1 Å². The molecule has 0 aliphatic rings. The van der Waals surface area contributed by atoms with Gasteiger partial charge in [0.2, 0.25) is 0 Å². The molecular weight excluding hydrogens is 332 g/mol. The molecule has 2 rings (SSSR count). The van der Waals surface area contributed by atoms with Crippen molar-refractivity contribution in [2.45, 2.75) is 13.3 Å². The summed E-state index contributed by atoms with van der Waals surface area (Å²) in [6, 6.07) is 4.92. The van der Waals surface area contributed by atoms with E-state index in [1.807, 2.05) is 6.92 Å². The number of rotatable bonds is 3. The van der Waals surface area contributed by atoms with E-state index in [2.05, 4.69) is 20.9 Å². The molecule has 19 heavy (non-hydrogen) atoms. The summed E-state index contributed by atoms with van der Waals surface area (Å²) in [5.74, 6) is 0.971. The van der Waals surface area contributed by atoms with Crippen LogP contribution in [0.4, 0.5) is 5.69 Å². The number of nitrogen functional groups attached to an aromatic ring is 1. The number of nitrogens with two attached hydrogens (primary N) is 1. The maximum Gasteiger partial charge on any atom is 0.266 e. The number of aryl methyl sites for hydroxylation is 1. The second-order valence-corrected chi connectivity index (χ2v) is 5.19. The predicted octanol–water partition coefficient (Wildman–Crippen LogP) is 3.73. The van der Waals surface area contributed by atoms with E-state index < -0.39 is 0 Å². The summed E-state index contributed by atoms with van der Waals surface area (Å²) < 4.78 is 6.09. The van der Waals surface area contributed by atoms with Gasteiger partial charge in [0.1, 0.15) is 10.2 Å². The van der Waals surface area contributed by atoms with Gasteiger partial charge in [0.05, 0.1) is 0 Å².